The molecule has 1 heterocycles. The van der Waals surface area contributed by atoms with Crippen LogP contribution in [-0.2, 0) is 16.1 Å². The quantitative estimate of drug-likeness (QED) is 0.769. The van der Waals surface area contributed by atoms with Gasteiger partial charge in [-0.25, -0.2) is 0 Å². The summed E-state index contributed by atoms with van der Waals surface area (Å²) in [7, 11) is 0. The third-order valence-corrected chi connectivity index (χ3v) is 3.19. The lowest BCUT2D eigenvalue weighted by Gasteiger charge is -2.37. The maximum absolute atomic E-state index is 11.8. The molecule has 1 fully saturated rings. The maximum atomic E-state index is 11.8. The Morgan fingerprint density at radius 3 is 2.76 bits per heavy atom. The summed E-state index contributed by atoms with van der Waals surface area (Å²) in [5, 5.41) is 0.676. The smallest absolute Gasteiger partial charge is 0.246 e. The van der Waals surface area contributed by atoms with E-state index in [0.717, 1.165) is 5.56 Å². The average molecular weight is 252 g/mol. The van der Waals surface area contributed by atoms with Crippen molar-refractivity contribution >= 4 is 17.5 Å². The van der Waals surface area contributed by atoms with Gasteiger partial charge in [0.15, 0.2) is 0 Å². The van der Waals surface area contributed by atoms with Crippen LogP contribution in [0.3, 0.4) is 0 Å². The molecule has 0 radical (unpaired) electrons. The first-order chi connectivity index (χ1) is 8.22. The van der Waals surface area contributed by atoms with E-state index in [4.69, 9.17) is 16.3 Å². The molecule has 0 aromatic heterocycles. The first-order valence-corrected chi connectivity index (χ1v) is 5.84. The minimum atomic E-state index is -0.0850. The highest BCUT2D eigenvalue weighted by Crippen LogP contribution is 2.20. The lowest BCUT2D eigenvalue weighted by molar-refractivity contribution is -0.140. The van der Waals surface area contributed by atoms with Gasteiger partial charge in [-0.15, -0.1) is 0 Å². The molecule has 0 spiro atoms. The lowest BCUT2D eigenvalue weighted by Crippen LogP contribution is -2.50. The predicted molar refractivity (Wildman–Crippen MR) is 66.8 cm³/mol. The Hall–Kier alpha value is -1.32. The molecule has 0 saturated carbocycles. The molecular weight excluding hydrogens is 238 g/mol. The number of rotatable bonds is 4. The number of carbonyl (C=O) groups excluding carboxylic acids is 1. The third-order valence-electron chi connectivity index (χ3n) is 2.82. The van der Waals surface area contributed by atoms with Crippen LogP contribution in [-0.4, -0.2) is 30.1 Å². The van der Waals surface area contributed by atoms with Gasteiger partial charge in [0.1, 0.15) is 0 Å². The summed E-state index contributed by atoms with van der Waals surface area (Å²) < 4.78 is 5.12. The molecule has 0 bridgehead atoms. The summed E-state index contributed by atoms with van der Waals surface area (Å²) in [6.45, 7) is 5.19. The highest BCUT2D eigenvalue weighted by Gasteiger charge is 2.28. The molecule has 1 aliphatic heterocycles. The Kier molecular flexibility index (Phi) is 3.82. The van der Waals surface area contributed by atoms with Crippen molar-refractivity contribution in [2.45, 2.75) is 12.6 Å². The van der Waals surface area contributed by atoms with Crippen LogP contribution in [0.5, 0.6) is 0 Å². The number of hydrogen-bond donors (Lipinski definition) is 0. The van der Waals surface area contributed by atoms with Crippen molar-refractivity contribution in [3.63, 3.8) is 0 Å². The molecular formula is C13H14ClNO2. The molecule has 90 valence electrons. The highest BCUT2D eigenvalue weighted by molar-refractivity contribution is 6.31. The van der Waals surface area contributed by atoms with E-state index < -0.39 is 0 Å². The fraction of sp³-hybridized carbons (Fsp3) is 0.308. The van der Waals surface area contributed by atoms with Crippen LogP contribution in [0.2, 0.25) is 5.02 Å². The number of amides is 1. The van der Waals surface area contributed by atoms with Gasteiger partial charge in [0.25, 0.3) is 0 Å². The van der Waals surface area contributed by atoms with Crippen molar-refractivity contribution in [2.75, 3.05) is 13.2 Å². The Balaban J connectivity index is 2.14. The van der Waals surface area contributed by atoms with E-state index >= 15 is 0 Å². The molecule has 1 amide bonds. The van der Waals surface area contributed by atoms with Gasteiger partial charge >= 0.3 is 0 Å². The fourth-order valence-electron chi connectivity index (χ4n) is 1.72. The molecule has 1 saturated heterocycles. The van der Waals surface area contributed by atoms with Crippen LogP contribution in [0, 0.1) is 0 Å². The van der Waals surface area contributed by atoms with E-state index in [2.05, 4.69) is 6.58 Å². The van der Waals surface area contributed by atoms with Crippen molar-refractivity contribution in [3.05, 3.63) is 47.5 Å². The summed E-state index contributed by atoms with van der Waals surface area (Å²) in [6.07, 6.45) is 1.33. The summed E-state index contributed by atoms with van der Waals surface area (Å²) in [5.74, 6) is -0.0850. The largest absolute Gasteiger partial charge is 0.377 e. The minimum absolute atomic E-state index is 0.0850. The molecule has 0 unspecified atom stereocenters. The molecule has 1 aromatic carbocycles. The Labute approximate surface area is 106 Å². The summed E-state index contributed by atoms with van der Waals surface area (Å²) in [5.41, 5.74) is 0.941. The van der Waals surface area contributed by atoms with Crippen LogP contribution in [0.1, 0.15) is 5.56 Å². The average Bonchev–Trinajstić information content (AvgIpc) is 2.27. The topological polar surface area (TPSA) is 29.5 Å². The standard InChI is InChI=1S/C13H14ClNO2/c1-2-13(16)15(11-8-17-9-11)7-10-5-3-4-6-12(10)14/h2-6,11H,1,7-9H2. The van der Waals surface area contributed by atoms with Gasteiger partial charge in [-0.2, -0.15) is 0 Å². The minimum Gasteiger partial charge on any atom is -0.377 e. The van der Waals surface area contributed by atoms with Gasteiger partial charge in [-0.3, -0.25) is 4.79 Å². The third kappa shape index (κ3) is 2.68. The second-order valence-corrected chi connectivity index (χ2v) is 4.36. The van der Waals surface area contributed by atoms with Gasteiger partial charge in [-0.05, 0) is 17.7 Å². The second kappa shape index (κ2) is 5.34. The van der Waals surface area contributed by atoms with E-state index in [-0.39, 0.29) is 11.9 Å². The number of carbonyl (C=O) groups is 1. The summed E-state index contributed by atoms with van der Waals surface area (Å²) in [6, 6.07) is 7.67. The van der Waals surface area contributed by atoms with Crippen molar-refractivity contribution in [1.29, 1.82) is 0 Å². The monoisotopic (exact) mass is 251 g/mol. The zero-order valence-electron chi connectivity index (χ0n) is 9.43. The molecule has 0 aliphatic carbocycles. The van der Waals surface area contributed by atoms with Crippen molar-refractivity contribution in [1.82, 2.24) is 4.90 Å². The Bertz CT molecular complexity index is 429. The number of hydrogen-bond acceptors (Lipinski definition) is 2. The Morgan fingerprint density at radius 2 is 2.24 bits per heavy atom. The van der Waals surface area contributed by atoms with Crippen molar-refractivity contribution in [2.24, 2.45) is 0 Å². The van der Waals surface area contributed by atoms with Crippen LogP contribution < -0.4 is 0 Å². The predicted octanol–water partition coefficient (Wildman–Crippen LogP) is 2.25. The zero-order valence-corrected chi connectivity index (χ0v) is 10.2. The summed E-state index contributed by atoms with van der Waals surface area (Å²) >= 11 is 6.09. The van der Waals surface area contributed by atoms with Gasteiger partial charge in [-0.1, -0.05) is 36.4 Å². The Morgan fingerprint density at radius 1 is 1.53 bits per heavy atom. The molecule has 3 nitrogen and oxygen atoms in total. The van der Waals surface area contributed by atoms with E-state index in [1.54, 1.807) is 4.90 Å². The van der Waals surface area contributed by atoms with E-state index in [9.17, 15) is 4.79 Å². The van der Waals surface area contributed by atoms with E-state index in [1.807, 2.05) is 24.3 Å². The van der Waals surface area contributed by atoms with Crippen LogP contribution >= 0.6 is 11.6 Å². The molecule has 1 aromatic rings. The molecule has 2 rings (SSSR count). The molecule has 4 heteroatoms. The molecule has 17 heavy (non-hydrogen) atoms. The second-order valence-electron chi connectivity index (χ2n) is 3.95. The molecule has 0 atom stereocenters. The van der Waals surface area contributed by atoms with Crippen molar-refractivity contribution < 1.29 is 9.53 Å². The van der Waals surface area contributed by atoms with Crippen LogP contribution in [0.15, 0.2) is 36.9 Å². The first-order valence-electron chi connectivity index (χ1n) is 5.46. The normalized spacial score (nSPS) is 15.1. The van der Waals surface area contributed by atoms with E-state index in [1.165, 1.54) is 6.08 Å². The van der Waals surface area contributed by atoms with Crippen LogP contribution in [0.25, 0.3) is 0 Å². The van der Waals surface area contributed by atoms with Crippen LogP contribution in [0.4, 0.5) is 0 Å². The van der Waals surface area contributed by atoms with Gasteiger partial charge in [0.05, 0.1) is 19.3 Å². The number of ether oxygens (including phenoxy) is 1. The first kappa shape index (κ1) is 12.1. The molecule has 0 N–H and O–H groups in total. The number of halogens is 1. The van der Waals surface area contributed by atoms with Gasteiger partial charge in [0.2, 0.25) is 5.91 Å². The zero-order chi connectivity index (χ0) is 12.3. The van der Waals surface area contributed by atoms with E-state index in [0.29, 0.717) is 24.8 Å². The SMILES string of the molecule is C=CC(=O)N(Cc1ccccc1Cl)C1COC1. The van der Waals surface area contributed by atoms with Gasteiger partial charge in [0, 0.05) is 11.6 Å². The number of benzene rings is 1. The molecule has 1 aliphatic rings. The number of nitrogens with zero attached hydrogens (tertiary/aromatic N) is 1. The summed E-state index contributed by atoms with van der Waals surface area (Å²) in [4.78, 5) is 13.5. The maximum Gasteiger partial charge on any atom is 0.246 e. The highest BCUT2D eigenvalue weighted by atomic mass is 35.5. The van der Waals surface area contributed by atoms with Gasteiger partial charge < -0.3 is 9.64 Å². The lowest BCUT2D eigenvalue weighted by atomic mass is 10.1. The van der Waals surface area contributed by atoms with Crippen molar-refractivity contribution in [3.8, 4) is 0 Å². The fourth-order valence-corrected chi connectivity index (χ4v) is 1.91.